The van der Waals surface area contributed by atoms with Gasteiger partial charge in [-0.2, -0.15) is 0 Å². The van der Waals surface area contributed by atoms with Crippen molar-refractivity contribution < 1.29 is 74.0 Å². The van der Waals surface area contributed by atoms with Crippen LogP contribution in [0.5, 0.6) is 0 Å². The van der Waals surface area contributed by atoms with E-state index in [1.54, 1.807) is 0 Å². The molecule has 0 aromatic rings. The molecule has 0 unspecified atom stereocenters. The molecule has 17 nitrogen and oxygen atoms in total. The van der Waals surface area contributed by atoms with E-state index in [-0.39, 0.29) is 26.0 Å². The quantitative estimate of drug-likeness (QED) is 0.0529. The van der Waals surface area contributed by atoms with Gasteiger partial charge < -0.3 is 67.5 Å². The zero-order valence-electron chi connectivity index (χ0n) is 33.0. The van der Waals surface area contributed by atoms with Crippen molar-refractivity contribution in [3.63, 3.8) is 0 Å². The Kier molecular flexibility index (Phi) is 48.8. The van der Waals surface area contributed by atoms with E-state index >= 15 is 0 Å². The molecule has 0 rings (SSSR count). The number of ether oxygens (including phenoxy) is 12. The molecule has 0 aliphatic heterocycles. The molecule has 4 N–H and O–H groups in total. The van der Waals surface area contributed by atoms with Crippen LogP contribution < -0.4 is 6.15 Å². The molecule has 0 heterocycles. The minimum Gasteiger partial charge on any atom is -0.726 e. The van der Waals surface area contributed by atoms with Gasteiger partial charge >= 0.3 is 0 Å². The van der Waals surface area contributed by atoms with Crippen LogP contribution >= 0.6 is 0 Å². The van der Waals surface area contributed by atoms with Crippen LogP contribution in [-0.4, -0.2) is 178 Å². The fourth-order valence-electron chi connectivity index (χ4n) is 4.23. The Labute approximate surface area is 320 Å². The number of unbranched alkanes of at least 4 members (excludes halogenated alkanes) is 8. The SMILES string of the molecule is CCCCCCCCCCCOCCOCCOCCOCCOCCOCCOCCOCCOCCOCCOCCOCCOS(=O)(=O)[O-].[NH4+]. The van der Waals surface area contributed by atoms with Crippen LogP contribution in [0.3, 0.4) is 0 Å². The highest BCUT2D eigenvalue weighted by molar-refractivity contribution is 7.80. The van der Waals surface area contributed by atoms with E-state index in [0.717, 1.165) is 13.0 Å². The highest BCUT2D eigenvalue weighted by Gasteiger charge is 1.98. The second-order valence-corrected chi connectivity index (χ2v) is 12.5. The minimum atomic E-state index is -4.67. The lowest BCUT2D eigenvalue weighted by molar-refractivity contribution is -0.0285. The van der Waals surface area contributed by atoms with Gasteiger partial charge in [-0.05, 0) is 6.42 Å². The molecule has 0 aliphatic rings. The van der Waals surface area contributed by atoms with E-state index in [9.17, 15) is 13.0 Å². The molecule has 0 spiro atoms. The Bertz CT molecular complexity index is 772. The van der Waals surface area contributed by atoms with E-state index in [0.29, 0.717) is 139 Å². The maximum atomic E-state index is 10.2. The molecule has 0 amide bonds. The average Bonchev–Trinajstić information content (AvgIpc) is 3.12. The predicted octanol–water partition coefficient (Wildman–Crippen LogP) is 3.57. The number of quaternary nitrogens is 1. The lowest BCUT2D eigenvalue weighted by Gasteiger charge is -2.09. The van der Waals surface area contributed by atoms with E-state index < -0.39 is 10.4 Å². The Morgan fingerprint density at radius 2 is 0.491 bits per heavy atom. The van der Waals surface area contributed by atoms with Gasteiger partial charge in [-0.3, -0.25) is 4.18 Å². The predicted molar refractivity (Wildman–Crippen MR) is 199 cm³/mol. The van der Waals surface area contributed by atoms with Crippen molar-refractivity contribution in [2.45, 2.75) is 64.7 Å². The molecule has 0 bridgehead atoms. The first-order chi connectivity index (χ1) is 25.6. The van der Waals surface area contributed by atoms with Crippen LogP contribution in [0.2, 0.25) is 0 Å². The summed E-state index contributed by atoms with van der Waals surface area (Å²) in [4.78, 5) is 0. The summed E-state index contributed by atoms with van der Waals surface area (Å²) >= 11 is 0. The molecular formula is C35H75NO16S. The topological polar surface area (TPSA) is 214 Å². The molecule has 0 aliphatic carbocycles. The largest absolute Gasteiger partial charge is 0.726 e. The third-order valence-corrected chi connectivity index (χ3v) is 7.40. The number of hydrogen-bond donors (Lipinski definition) is 1. The minimum absolute atomic E-state index is 0. The summed E-state index contributed by atoms with van der Waals surface area (Å²) in [6, 6.07) is 0. The van der Waals surface area contributed by atoms with Crippen LogP contribution in [0.1, 0.15) is 64.7 Å². The third kappa shape index (κ3) is 53.5. The van der Waals surface area contributed by atoms with Crippen LogP contribution in [0.4, 0.5) is 0 Å². The second kappa shape index (κ2) is 47.5. The maximum Gasteiger partial charge on any atom is 0.217 e. The van der Waals surface area contributed by atoms with Gasteiger partial charge in [0.05, 0.1) is 159 Å². The van der Waals surface area contributed by atoms with Gasteiger partial charge in [0, 0.05) is 6.61 Å². The van der Waals surface area contributed by atoms with Crippen LogP contribution in [0, 0.1) is 0 Å². The van der Waals surface area contributed by atoms with E-state index in [2.05, 4.69) is 11.1 Å². The molecule has 0 saturated carbocycles. The Balaban J connectivity index is 0. The van der Waals surface area contributed by atoms with Gasteiger partial charge in [0.2, 0.25) is 10.4 Å². The van der Waals surface area contributed by atoms with Crippen molar-refractivity contribution in [2.75, 3.05) is 165 Å². The summed E-state index contributed by atoms with van der Waals surface area (Å²) in [6.45, 7) is 13.3. The zero-order chi connectivity index (χ0) is 37.7. The average molecular weight is 798 g/mol. The Morgan fingerprint density at radius 1 is 0.302 bits per heavy atom. The zero-order valence-corrected chi connectivity index (χ0v) is 33.8. The van der Waals surface area contributed by atoms with Crippen LogP contribution in [0.25, 0.3) is 0 Å². The summed E-state index contributed by atoms with van der Waals surface area (Å²) in [6.07, 6.45) is 11.9. The first-order valence-corrected chi connectivity index (χ1v) is 20.4. The van der Waals surface area contributed by atoms with E-state index in [1.807, 2.05) is 0 Å². The summed E-state index contributed by atoms with van der Waals surface area (Å²) in [7, 11) is -4.67. The summed E-state index contributed by atoms with van der Waals surface area (Å²) < 4.78 is 99.9. The fourth-order valence-corrected chi connectivity index (χ4v) is 4.50. The maximum absolute atomic E-state index is 10.2. The molecule has 0 radical (unpaired) electrons. The van der Waals surface area contributed by atoms with Gasteiger partial charge in [0.15, 0.2) is 0 Å². The number of rotatable bonds is 47. The van der Waals surface area contributed by atoms with Gasteiger partial charge in [0.25, 0.3) is 0 Å². The van der Waals surface area contributed by atoms with Crippen LogP contribution in [0.15, 0.2) is 0 Å². The third-order valence-electron chi connectivity index (χ3n) is 6.94. The highest BCUT2D eigenvalue weighted by Crippen LogP contribution is 2.09. The molecule has 18 heteroatoms. The van der Waals surface area contributed by atoms with Gasteiger partial charge in [0.1, 0.15) is 0 Å². The normalized spacial score (nSPS) is 11.7. The van der Waals surface area contributed by atoms with Crippen LogP contribution in [-0.2, 0) is 71.4 Å². The van der Waals surface area contributed by atoms with Gasteiger partial charge in [-0.25, -0.2) is 8.42 Å². The fraction of sp³-hybridized carbons (Fsp3) is 1.00. The molecule has 53 heavy (non-hydrogen) atoms. The molecule has 322 valence electrons. The van der Waals surface area contributed by atoms with Gasteiger partial charge in [-0.1, -0.05) is 58.3 Å². The monoisotopic (exact) mass is 797 g/mol. The van der Waals surface area contributed by atoms with Crippen molar-refractivity contribution >= 4 is 10.4 Å². The summed E-state index contributed by atoms with van der Waals surface area (Å²) in [5, 5.41) is 0. The van der Waals surface area contributed by atoms with E-state index in [4.69, 9.17) is 56.8 Å². The Hall–Kier alpha value is -0.650. The molecule has 0 aromatic carbocycles. The van der Waals surface area contributed by atoms with Crippen molar-refractivity contribution in [2.24, 2.45) is 0 Å². The summed E-state index contributed by atoms with van der Waals surface area (Å²) in [5.74, 6) is 0. The first-order valence-electron chi connectivity index (χ1n) is 19.1. The van der Waals surface area contributed by atoms with Crippen molar-refractivity contribution in [3.05, 3.63) is 0 Å². The smallest absolute Gasteiger partial charge is 0.217 e. The molecule has 0 saturated heterocycles. The lowest BCUT2D eigenvalue weighted by Crippen LogP contribution is -2.15. The first kappa shape index (κ1) is 54.5. The second-order valence-electron chi connectivity index (χ2n) is 11.4. The molecular weight excluding hydrogens is 722 g/mol. The van der Waals surface area contributed by atoms with Crippen molar-refractivity contribution in [1.29, 1.82) is 0 Å². The highest BCUT2D eigenvalue weighted by atomic mass is 32.3. The van der Waals surface area contributed by atoms with E-state index in [1.165, 1.54) is 51.4 Å². The van der Waals surface area contributed by atoms with Crippen molar-refractivity contribution in [3.8, 4) is 0 Å². The molecule has 0 fully saturated rings. The lowest BCUT2D eigenvalue weighted by atomic mass is 10.1. The molecule has 0 atom stereocenters. The number of hydrogen-bond acceptors (Lipinski definition) is 16. The standard InChI is InChI=1S/C35H72O16S.H3N/c1-2-3-4-5-6-7-8-9-10-11-39-12-13-40-14-15-41-16-17-42-18-19-43-20-21-44-22-23-45-24-25-46-26-27-47-28-29-48-30-31-49-32-33-50-34-35-51-52(36,37)38;/h2-35H2,1H3,(H,36,37,38);1H3. The molecule has 0 aromatic heterocycles. The Morgan fingerprint density at radius 3 is 0.717 bits per heavy atom. The van der Waals surface area contributed by atoms with Crippen molar-refractivity contribution in [1.82, 2.24) is 6.15 Å². The summed E-state index contributed by atoms with van der Waals surface area (Å²) in [5.41, 5.74) is 0. The van der Waals surface area contributed by atoms with Gasteiger partial charge in [-0.15, -0.1) is 0 Å².